The van der Waals surface area contributed by atoms with Gasteiger partial charge in [-0.3, -0.25) is 0 Å². The van der Waals surface area contributed by atoms with Crippen LogP contribution in [0.1, 0.15) is 0 Å². The van der Waals surface area contributed by atoms with E-state index in [0.29, 0.717) is 0 Å². The number of furan rings is 1. The van der Waals surface area contributed by atoms with Crippen molar-refractivity contribution in [2.45, 2.75) is 0 Å². The summed E-state index contributed by atoms with van der Waals surface area (Å²) >= 11 is 0. The van der Waals surface area contributed by atoms with Crippen LogP contribution in [0, 0.1) is 0 Å². The number of nitrogens with zero attached hydrogens (tertiary/aromatic N) is 1. The van der Waals surface area contributed by atoms with Gasteiger partial charge in [0, 0.05) is 16.6 Å². The van der Waals surface area contributed by atoms with Gasteiger partial charge in [0.25, 0.3) is 0 Å². The van der Waals surface area contributed by atoms with Gasteiger partial charge < -0.3 is 9.32 Å². The van der Waals surface area contributed by atoms with Crippen molar-refractivity contribution in [3.63, 3.8) is 0 Å². The maximum absolute atomic E-state index is 6.52. The number of hydrogen-bond acceptors (Lipinski definition) is 2. The van der Waals surface area contributed by atoms with Crippen LogP contribution in [0.25, 0.3) is 88.7 Å². The molecular formula is C54H35NO. The van der Waals surface area contributed by atoms with E-state index in [1.54, 1.807) is 0 Å². The fourth-order valence-corrected chi connectivity index (χ4v) is 8.73. The molecule has 1 heterocycles. The standard InChI is InChI=1S/C54H35NO/c1-3-16-36(17-4-1)38-30-33-50(48(34-38)37-18-5-2-6-19-37)55(51-27-15-29-53-54(51)47-26-13-14-28-52(47)56-53)39-31-32-46-44-24-10-9-22-42(44)40-20-7-8-21-41(40)43-23-11-12-25-45(43)49(46)35-39/h1-35H. The molecule has 0 amide bonds. The van der Waals surface area contributed by atoms with E-state index in [9.17, 15) is 0 Å². The molecule has 2 heteroatoms. The molecule has 56 heavy (non-hydrogen) atoms. The quantitative estimate of drug-likeness (QED) is 0.177. The third-order valence-corrected chi connectivity index (χ3v) is 11.3. The van der Waals surface area contributed by atoms with Gasteiger partial charge in [0.1, 0.15) is 11.2 Å². The van der Waals surface area contributed by atoms with Crippen LogP contribution in [-0.2, 0) is 0 Å². The van der Waals surface area contributed by atoms with Crippen molar-refractivity contribution in [2.24, 2.45) is 0 Å². The van der Waals surface area contributed by atoms with Gasteiger partial charge in [-0.25, -0.2) is 0 Å². The van der Waals surface area contributed by atoms with Gasteiger partial charge in [-0.2, -0.15) is 0 Å². The Labute approximate surface area is 326 Å². The topological polar surface area (TPSA) is 16.4 Å². The highest BCUT2D eigenvalue weighted by Crippen LogP contribution is 2.51. The molecule has 11 rings (SSSR count). The van der Waals surface area contributed by atoms with Crippen molar-refractivity contribution in [3.8, 4) is 66.8 Å². The maximum Gasteiger partial charge on any atom is 0.137 e. The molecule has 9 aromatic carbocycles. The summed E-state index contributed by atoms with van der Waals surface area (Å²) in [6.45, 7) is 0. The van der Waals surface area contributed by atoms with Gasteiger partial charge in [0.05, 0.1) is 16.8 Å². The summed E-state index contributed by atoms with van der Waals surface area (Å²) in [4.78, 5) is 2.45. The Bertz CT molecular complexity index is 3080. The van der Waals surface area contributed by atoms with Crippen molar-refractivity contribution in [1.29, 1.82) is 0 Å². The van der Waals surface area contributed by atoms with Crippen LogP contribution in [0.4, 0.5) is 17.1 Å². The van der Waals surface area contributed by atoms with Crippen LogP contribution < -0.4 is 4.90 Å². The van der Waals surface area contributed by atoms with Crippen molar-refractivity contribution in [2.75, 3.05) is 4.90 Å². The zero-order valence-electron chi connectivity index (χ0n) is 30.6. The first kappa shape index (κ1) is 32.0. The Morgan fingerprint density at radius 1 is 0.286 bits per heavy atom. The molecule has 0 atom stereocenters. The van der Waals surface area contributed by atoms with E-state index >= 15 is 0 Å². The van der Waals surface area contributed by atoms with Crippen molar-refractivity contribution >= 4 is 39.0 Å². The first-order valence-electron chi connectivity index (χ1n) is 19.2. The maximum atomic E-state index is 6.52. The monoisotopic (exact) mass is 713 g/mol. The molecule has 0 radical (unpaired) electrons. The molecule has 262 valence electrons. The summed E-state index contributed by atoms with van der Waals surface area (Å²) in [5.74, 6) is 0. The van der Waals surface area contributed by atoms with E-state index in [1.165, 1.54) is 55.6 Å². The minimum Gasteiger partial charge on any atom is -0.456 e. The largest absolute Gasteiger partial charge is 0.456 e. The number of hydrogen-bond donors (Lipinski definition) is 0. The lowest BCUT2D eigenvalue weighted by atomic mass is 9.81. The highest BCUT2D eigenvalue weighted by atomic mass is 16.3. The average Bonchev–Trinajstić information content (AvgIpc) is 3.66. The van der Waals surface area contributed by atoms with Crippen LogP contribution in [-0.4, -0.2) is 0 Å². The lowest BCUT2D eigenvalue weighted by Crippen LogP contribution is -2.12. The van der Waals surface area contributed by atoms with E-state index in [4.69, 9.17) is 4.42 Å². The predicted octanol–water partition coefficient (Wildman–Crippen LogP) is 15.4. The van der Waals surface area contributed by atoms with Crippen molar-refractivity contribution < 1.29 is 4.42 Å². The Morgan fingerprint density at radius 2 is 0.804 bits per heavy atom. The fraction of sp³-hybridized carbons (Fsp3) is 0. The summed E-state index contributed by atoms with van der Waals surface area (Å²) in [6, 6.07) is 76.7. The van der Waals surface area contributed by atoms with Gasteiger partial charge in [-0.05, 0) is 104 Å². The summed E-state index contributed by atoms with van der Waals surface area (Å²) in [7, 11) is 0. The Balaban J connectivity index is 1.23. The predicted molar refractivity (Wildman–Crippen MR) is 235 cm³/mol. The summed E-state index contributed by atoms with van der Waals surface area (Å²) < 4.78 is 6.52. The molecule has 1 aromatic heterocycles. The third kappa shape index (κ3) is 5.19. The highest BCUT2D eigenvalue weighted by molar-refractivity contribution is 6.14. The van der Waals surface area contributed by atoms with Crippen molar-refractivity contribution in [1.82, 2.24) is 0 Å². The van der Waals surface area contributed by atoms with Gasteiger partial charge >= 0.3 is 0 Å². The number of rotatable bonds is 5. The Hall–Kier alpha value is -7.42. The number of benzene rings is 9. The lowest BCUT2D eigenvalue weighted by Gasteiger charge is -2.30. The molecule has 0 N–H and O–H groups in total. The normalized spacial score (nSPS) is 11.6. The summed E-state index contributed by atoms with van der Waals surface area (Å²) in [5, 5.41) is 2.17. The smallest absolute Gasteiger partial charge is 0.137 e. The van der Waals surface area contributed by atoms with Crippen LogP contribution in [0.2, 0.25) is 0 Å². The summed E-state index contributed by atoms with van der Waals surface area (Å²) in [6.07, 6.45) is 0. The van der Waals surface area contributed by atoms with E-state index in [2.05, 4.69) is 211 Å². The molecule has 0 fully saturated rings. The molecule has 0 spiro atoms. The van der Waals surface area contributed by atoms with Crippen LogP contribution >= 0.6 is 0 Å². The van der Waals surface area contributed by atoms with E-state index in [0.717, 1.165) is 50.1 Å². The zero-order chi connectivity index (χ0) is 37.0. The molecule has 0 saturated heterocycles. The van der Waals surface area contributed by atoms with Gasteiger partial charge in [0.15, 0.2) is 0 Å². The molecular weight excluding hydrogens is 679 g/mol. The van der Waals surface area contributed by atoms with Crippen LogP contribution in [0.5, 0.6) is 0 Å². The number of anilines is 3. The lowest BCUT2D eigenvalue weighted by molar-refractivity contribution is 0.669. The average molecular weight is 714 g/mol. The highest BCUT2D eigenvalue weighted by Gasteiger charge is 2.26. The second kappa shape index (κ2) is 13.2. The number of fused-ring (bicyclic) bond motifs is 11. The van der Waals surface area contributed by atoms with Crippen molar-refractivity contribution in [3.05, 3.63) is 212 Å². The zero-order valence-corrected chi connectivity index (χ0v) is 30.6. The van der Waals surface area contributed by atoms with E-state index < -0.39 is 0 Å². The van der Waals surface area contributed by atoms with Gasteiger partial charge in [-0.15, -0.1) is 0 Å². The second-order valence-corrected chi connectivity index (χ2v) is 14.4. The first-order valence-corrected chi connectivity index (χ1v) is 19.2. The molecule has 2 nitrogen and oxygen atoms in total. The summed E-state index contributed by atoms with van der Waals surface area (Å²) in [5.41, 5.74) is 19.4. The van der Waals surface area contributed by atoms with Gasteiger partial charge in [0.2, 0.25) is 0 Å². The SMILES string of the molecule is c1ccc(-c2ccc(N(c3ccc4c(c3)-c3ccccc3-c3ccccc3-c3ccccc3-4)c3cccc4oc5ccccc5c34)c(-c3ccccc3)c2)cc1. The molecule has 0 bridgehead atoms. The molecule has 0 aliphatic heterocycles. The van der Waals surface area contributed by atoms with E-state index in [1.807, 2.05) is 6.07 Å². The fourth-order valence-electron chi connectivity index (χ4n) is 8.73. The third-order valence-electron chi connectivity index (χ3n) is 11.3. The molecule has 0 unspecified atom stereocenters. The van der Waals surface area contributed by atoms with Gasteiger partial charge in [-0.1, -0.05) is 170 Å². The molecule has 1 aliphatic rings. The molecule has 1 aliphatic carbocycles. The Kier molecular flexibility index (Phi) is 7.53. The van der Waals surface area contributed by atoms with Crippen LogP contribution in [0.15, 0.2) is 217 Å². The van der Waals surface area contributed by atoms with E-state index in [-0.39, 0.29) is 0 Å². The minimum absolute atomic E-state index is 0.859. The molecule has 0 saturated carbocycles. The first-order chi connectivity index (χ1) is 27.8. The second-order valence-electron chi connectivity index (χ2n) is 14.4. The Morgan fingerprint density at radius 3 is 1.45 bits per heavy atom. The minimum atomic E-state index is 0.859. The number of para-hydroxylation sites is 1. The molecule has 10 aromatic rings. The van der Waals surface area contributed by atoms with Crippen LogP contribution in [0.3, 0.4) is 0 Å².